The van der Waals surface area contributed by atoms with E-state index in [1.165, 1.54) is 12.8 Å². The van der Waals surface area contributed by atoms with E-state index < -0.39 is 6.10 Å². The summed E-state index contributed by atoms with van der Waals surface area (Å²) in [5.74, 6) is 0. The van der Waals surface area contributed by atoms with Gasteiger partial charge in [0.2, 0.25) is 0 Å². The molecule has 2 N–H and O–H groups in total. The molecule has 1 heterocycles. The second-order valence-electron chi connectivity index (χ2n) is 4.47. The van der Waals surface area contributed by atoms with E-state index in [1.807, 2.05) is 37.3 Å². The summed E-state index contributed by atoms with van der Waals surface area (Å²) >= 11 is 0. The Hall–Kier alpha value is -0.900. The average Bonchev–Trinajstić information content (AvgIpc) is 2.82. The van der Waals surface area contributed by atoms with Crippen LogP contribution in [0.3, 0.4) is 0 Å². The van der Waals surface area contributed by atoms with Gasteiger partial charge in [-0.05, 0) is 25.3 Å². The number of hydrogen-bond acceptors (Lipinski definition) is 3. The molecule has 2 atom stereocenters. The zero-order valence-corrected chi connectivity index (χ0v) is 9.76. The summed E-state index contributed by atoms with van der Waals surface area (Å²) in [4.78, 5) is 0. The van der Waals surface area contributed by atoms with Crippen LogP contribution in [0.4, 0.5) is 0 Å². The molecular formula is C13H20N2O. The molecule has 1 aromatic rings. The molecule has 1 aliphatic heterocycles. The summed E-state index contributed by atoms with van der Waals surface area (Å²) in [7, 11) is 0. The third-order valence-corrected chi connectivity index (χ3v) is 3.11. The molecule has 0 saturated carbocycles. The first-order valence-corrected chi connectivity index (χ1v) is 6.01. The van der Waals surface area contributed by atoms with Crippen LogP contribution in [0.15, 0.2) is 30.3 Å². The normalized spacial score (nSPS) is 20.9. The number of benzene rings is 1. The Bertz CT molecular complexity index is 309. The molecule has 3 heteroatoms. The maximum atomic E-state index is 10.2. The van der Waals surface area contributed by atoms with Gasteiger partial charge in [0.25, 0.3) is 0 Å². The average molecular weight is 220 g/mol. The van der Waals surface area contributed by atoms with Gasteiger partial charge in [0.05, 0.1) is 6.10 Å². The van der Waals surface area contributed by atoms with Crippen molar-refractivity contribution in [2.75, 3.05) is 13.1 Å². The Kier molecular flexibility index (Phi) is 3.93. The van der Waals surface area contributed by atoms with Crippen LogP contribution in [0.2, 0.25) is 0 Å². The van der Waals surface area contributed by atoms with E-state index >= 15 is 0 Å². The largest absolute Gasteiger partial charge is 0.387 e. The number of hydrazine groups is 1. The minimum absolute atomic E-state index is 0.0560. The van der Waals surface area contributed by atoms with E-state index in [2.05, 4.69) is 10.4 Å². The number of nitrogens with one attached hydrogen (secondary N) is 1. The highest BCUT2D eigenvalue weighted by Crippen LogP contribution is 2.17. The molecular weight excluding hydrogens is 200 g/mol. The fourth-order valence-electron chi connectivity index (χ4n) is 2.14. The Labute approximate surface area is 97.1 Å². The van der Waals surface area contributed by atoms with E-state index in [1.54, 1.807) is 0 Å². The second kappa shape index (κ2) is 5.43. The first kappa shape index (κ1) is 11.6. The van der Waals surface area contributed by atoms with Gasteiger partial charge in [0.15, 0.2) is 0 Å². The van der Waals surface area contributed by atoms with E-state index in [4.69, 9.17) is 0 Å². The molecule has 3 nitrogen and oxygen atoms in total. The van der Waals surface area contributed by atoms with E-state index in [9.17, 15) is 5.11 Å². The van der Waals surface area contributed by atoms with E-state index in [-0.39, 0.29) is 6.04 Å². The van der Waals surface area contributed by atoms with Crippen LogP contribution >= 0.6 is 0 Å². The zero-order valence-electron chi connectivity index (χ0n) is 9.76. The quantitative estimate of drug-likeness (QED) is 0.811. The fourth-order valence-corrected chi connectivity index (χ4v) is 2.14. The lowest BCUT2D eigenvalue weighted by molar-refractivity contribution is 0.0843. The Morgan fingerprint density at radius 1 is 1.19 bits per heavy atom. The van der Waals surface area contributed by atoms with Gasteiger partial charge in [-0.25, -0.2) is 10.4 Å². The van der Waals surface area contributed by atoms with Gasteiger partial charge in [0, 0.05) is 19.1 Å². The van der Waals surface area contributed by atoms with Crippen molar-refractivity contribution in [2.45, 2.75) is 31.9 Å². The minimum Gasteiger partial charge on any atom is -0.387 e. The SMILES string of the molecule is CC(NN1CCCC1)[C@@H](O)c1ccccc1. The Morgan fingerprint density at radius 3 is 2.44 bits per heavy atom. The summed E-state index contributed by atoms with van der Waals surface area (Å²) < 4.78 is 0. The summed E-state index contributed by atoms with van der Waals surface area (Å²) in [6, 6.07) is 9.87. The third-order valence-electron chi connectivity index (χ3n) is 3.11. The number of hydrogen-bond donors (Lipinski definition) is 2. The summed E-state index contributed by atoms with van der Waals surface area (Å²) in [5, 5.41) is 12.4. The molecule has 0 spiro atoms. The van der Waals surface area contributed by atoms with Crippen molar-refractivity contribution in [3.63, 3.8) is 0 Å². The van der Waals surface area contributed by atoms with E-state index in [0.29, 0.717) is 0 Å². The topological polar surface area (TPSA) is 35.5 Å². The molecule has 0 radical (unpaired) electrons. The highest BCUT2D eigenvalue weighted by atomic mass is 16.3. The number of aliphatic hydroxyl groups is 1. The zero-order chi connectivity index (χ0) is 11.4. The molecule has 88 valence electrons. The second-order valence-corrected chi connectivity index (χ2v) is 4.47. The Balaban J connectivity index is 1.91. The molecule has 0 bridgehead atoms. The molecule has 1 saturated heterocycles. The van der Waals surface area contributed by atoms with Crippen LogP contribution in [0.25, 0.3) is 0 Å². The summed E-state index contributed by atoms with van der Waals surface area (Å²) in [6.07, 6.45) is 2.06. The van der Waals surface area contributed by atoms with Crippen LogP contribution in [-0.4, -0.2) is 29.2 Å². The number of rotatable bonds is 4. The van der Waals surface area contributed by atoms with Crippen molar-refractivity contribution in [3.8, 4) is 0 Å². The highest BCUT2D eigenvalue weighted by molar-refractivity contribution is 5.18. The maximum absolute atomic E-state index is 10.2. The van der Waals surface area contributed by atoms with Crippen LogP contribution in [-0.2, 0) is 0 Å². The molecule has 0 amide bonds. The van der Waals surface area contributed by atoms with Crippen molar-refractivity contribution in [3.05, 3.63) is 35.9 Å². The van der Waals surface area contributed by atoms with Gasteiger partial charge in [-0.15, -0.1) is 0 Å². The van der Waals surface area contributed by atoms with Gasteiger partial charge < -0.3 is 5.11 Å². The summed E-state index contributed by atoms with van der Waals surface area (Å²) in [6.45, 7) is 4.20. The first-order chi connectivity index (χ1) is 7.77. The molecule has 0 aromatic heterocycles. The maximum Gasteiger partial charge on any atom is 0.0953 e. The van der Waals surface area contributed by atoms with Crippen molar-refractivity contribution < 1.29 is 5.11 Å². The monoisotopic (exact) mass is 220 g/mol. The predicted molar refractivity (Wildman–Crippen MR) is 64.8 cm³/mol. The fraction of sp³-hybridized carbons (Fsp3) is 0.538. The van der Waals surface area contributed by atoms with Gasteiger partial charge in [-0.3, -0.25) is 0 Å². The smallest absolute Gasteiger partial charge is 0.0953 e. The lowest BCUT2D eigenvalue weighted by Crippen LogP contribution is -2.44. The molecule has 1 aliphatic rings. The van der Waals surface area contributed by atoms with Gasteiger partial charge in [-0.2, -0.15) is 0 Å². The number of aliphatic hydroxyl groups excluding tert-OH is 1. The first-order valence-electron chi connectivity index (χ1n) is 6.01. The Morgan fingerprint density at radius 2 is 1.81 bits per heavy atom. The lowest BCUT2D eigenvalue weighted by Gasteiger charge is -2.26. The molecule has 0 aliphatic carbocycles. The molecule has 16 heavy (non-hydrogen) atoms. The van der Waals surface area contributed by atoms with Gasteiger partial charge in [0.1, 0.15) is 0 Å². The molecule has 1 fully saturated rings. The van der Waals surface area contributed by atoms with Crippen molar-refractivity contribution >= 4 is 0 Å². The predicted octanol–water partition coefficient (Wildman–Crippen LogP) is 1.71. The molecule has 1 unspecified atom stereocenters. The van der Waals surface area contributed by atoms with Gasteiger partial charge in [-0.1, -0.05) is 30.3 Å². The summed E-state index contributed by atoms with van der Waals surface area (Å²) in [5.41, 5.74) is 4.33. The highest BCUT2D eigenvalue weighted by Gasteiger charge is 2.20. The van der Waals surface area contributed by atoms with Crippen molar-refractivity contribution in [1.82, 2.24) is 10.4 Å². The molecule has 2 rings (SSSR count). The van der Waals surface area contributed by atoms with Crippen LogP contribution in [0, 0.1) is 0 Å². The van der Waals surface area contributed by atoms with Crippen LogP contribution in [0.1, 0.15) is 31.4 Å². The van der Waals surface area contributed by atoms with Gasteiger partial charge >= 0.3 is 0 Å². The standard InChI is InChI=1S/C13H20N2O/c1-11(14-15-9-5-6-10-15)13(16)12-7-3-2-4-8-12/h2-4,7-8,11,13-14,16H,5-6,9-10H2,1H3/t11?,13-/m1/s1. The van der Waals surface area contributed by atoms with Crippen LogP contribution < -0.4 is 5.43 Å². The lowest BCUT2D eigenvalue weighted by atomic mass is 10.0. The number of nitrogens with zero attached hydrogens (tertiary/aromatic N) is 1. The molecule has 1 aromatic carbocycles. The van der Waals surface area contributed by atoms with Crippen LogP contribution in [0.5, 0.6) is 0 Å². The third kappa shape index (κ3) is 2.82. The van der Waals surface area contributed by atoms with Crippen molar-refractivity contribution in [2.24, 2.45) is 0 Å². The van der Waals surface area contributed by atoms with Crippen molar-refractivity contribution in [1.29, 1.82) is 0 Å². The minimum atomic E-state index is -0.443. The van der Waals surface area contributed by atoms with E-state index in [0.717, 1.165) is 18.7 Å².